The normalized spacial score (nSPS) is 18.4. The lowest BCUT2D eigenvalue weighted by molar-refractivity contribution is 0.371. The molecule has 0 bridgehead atoms. The minimum atomic E-state index is -2.23. The Balaban J connectivity index is 2.08. The fourth-order valence-corrected chi connectivity index (χ4v) is 2.18. The second kappa shape index (κ2) is 5.06. The standard InChI is InChI=1S/C12H8F5N3O/c13-6-5(7(14)9(16)10(17)8(6)15)12-19-11(20-21-12)4-2-1-3-18-4/h4,18H,1-3H2. The zero-order valence-corrected chi connectivity index (χ0v) is 10.4. The Bertz CT molecular complexity index is 667. The molecule has 3 rings (SSSR count). The van der Waals surface area contributed by atoms with Crippen LogP contribution in [0.25, 0.3) is 11.5 Å². The molecule has 1 aromatic carbocycles. The zero-order valence-electron chi connectivity index (χ0n) is 10.4. The van der Waals surface area contributed by atoms with Crippen molar-refractivity contribution in [2.75, 3.05) is 6.54 Å². The Labute approximate surface area is 115 Å². The first-order chi connectivity index (χ1) is 10.0. The van der Waals surface area contributed by atoms with E-state index in [0.717, 1.165) is 13.0 Å². The number of hydrogen-bond donors (Lipinski definition) is 1. The second-order valence-electron chi connectivity index (χ2n) is 4.55. The molecule has 112 valence electrons. The highest BCUT2D eigenvalue weighted by molar-refractivity contribution is 5.55. The molecular formula is C12H8F5N3O. The van der Waals surface area contributed by atoms with Gasteiger partial charge in [0.15, 0.2) is 29.1 Å². The minimum absolute atomic E-state index is 0.117. The Morgan fingerprint density at radius 3 is 2.14 bits per heavy atom. The van der Waals surface area contributed by atoms with Crippen molar-refractivity contribution in [3.8, 4) is 11.5 Å². The van der Waals surface area contributed by atoms with Crippen molar-refractivity contribution in [3.05, 3.63) is 34.9 Å². The molecule has 4 nitrogen and oxygen atoms in total. The number of rotatable bonds is 2. The Morgan fingerprint density at radius 2 is 1.57 bits per heavy atom. The quantitative estimate of drug-likeness (QED) is 0.526. The highest BCUT2D eigenvalue weighted by Gasteiger charge is 2.31. The van der Waals surface area contributed by atoms with Crippen LogP contribution < -0.4 is 5.32 Å². The first-order valence-corrected chi connectivity index (χ1v) is 6.09. The molecule has 0 amide bonds. The molecule has 0 saturated carbocycles. The number of hydrogen-bond acceptors (Lipinski definition) is 4. The molecule has 1 atom stereocenters. The molecule has 1 fully saturated rings. The Morgan fingerprint density at radius 1 is 0.952 bits per heavy atom. The van der Waals surface area contributed by atoms with Gasteiger partial charge in [-0.3, -0.25) is 0 Å². The van der Waals surface area contributed by atoms with Gasteiger partial charge in [0.25, 0.3) is 5.89 Å². The lowest BCUT2D eigenvalue weighted by atomic mass is 10.1. The van der Waals surface area contributed by atoms with Gasteiger partial charge in [0.2, 0.25) is 5.82 Å². The number of aromatic nitrogens is 2. The van der Waals surface area contributed by atoms with Gasteiger partial charge in [-0.1, -0.05) is 5.16 Å². The summed E-state index contributed by atoms with van der Waals surface area (Å²) in [4.78, 5) is 3.72. The van der Waals surface area contributed by atoms with E-state index in [1.54, 1.807) is 0 Å². The molecule has 0 aliphatic carbocycles. The average Bonchev–Trinajstić information content (AvgIpc) is 3.14. The van der Waals surface area contributed by atoms with Crippen LogP contribution in [0.2, 0.25) is 0 Å². The van der Waals surface area contributed by atoms with Crippen molar-refractivity contribution < 1.29 is 26.5 Å². The number of nitrogens with one attached hydrogen (secondary N) is 1. The molecule has 1 aliphatic heterocycles. The summed E-state index contributed by atoms with van der Waals surface area (Å²) in [6.45, 7) is 0.719. The molecule has 2 aromatic rings. The van der Waals surface area contributed by atoms with Crippen LogP contribution in [0, 0.1) is 29.1 Å². The molecule has 0 radical (unpaired) electrons. The van der Waals surface area contributed by atoms with Gasteiger partial charge in [0, 0.05) is 0 Å². The Hall–Kier alpha value is -2.03. The van der Waals surface area contributed by atoms with Crippen molar-refractivity contribution in [1.29, 1.82) is 0 Å². The van der Waals surface area contributed by atoms with Gasteiger partial charge in [-0.05, 0) is 19.4 Å². The third-order valence-electron chi connectivity index (χ3n) is 3.24. The van der Waals surface area contributed by atoms with E-state index in [0.29, 0.717) is 6.42 Å². The first kappa shape index (κ1) is 13.9. The van der Waals surface area contributed by atoms with Crippen LogP contribution in [0.15, 0.2) is 4.52 Å². The molecule has 1 unspecified atom stereocenters. The van der Waals surface area contributed by atoms with Crippen molar-refractivity contribution in [2.24, 2.45) is 0 Å². The highest BCUT2D eigenvalue weighted by atomic mass is 19.2. The monoisotopic (exact) mass is 305 g/mol. The van der Waals surface area contributed by atoms with Crippen molar-refractivity contribution in [3.63, 3.8) is 0 Å². The fraction of sp³-hybridized carbons (Fsp3) is 0.333. The van der Waals surface area contributed by atoms with E-state index in [9.17, 15) is 22.0 Å². The van der Waals surface area contributed by atoms with Gasteiger partial charge in [0.05, 0.1) is 6.04 Å². The molecule has 1 saturated heterocycles. The average molecular weight is 305 g/mol. The van der Waals surface area contributed by atoms with Gasteiger partial charge in [-0.2, -0.15) is 4.98 Å². The predicted molar refractivity (Wildman–Crippen MR) is 59.5 cm³/mol. The maximum absolute atomic E-state index is 13.6. The maximum Gasteiger partial charge on any atom is 0.264 e. The van der Waals surface area contributed by atoms with Gasteiger partial charge >= 0.3 is 0 Å². The van der Waals surface area contributed by atoms with E-state index >= 15 is 0 Å². The van der Waals surface area contributed by atoms with Crippen LogP contribution >= 0.6 is 0 Å². The van der Waals surface area contributed by atoms with Crippen molar-refractivity contribution in [2.45, 2.75) is 18.9 Å². The van der Waals surface area contributed by atoms with E-state index in [4.69, 9.17) is 0 Å². The van der Waals surface area contributed by atoms with E-state index < -0.39 is 40.5 Å². The summed E-state index contributed by atoms with van der Waals surface area (Å²) in [5.74, 6) is -11.0. The van der Waals surface area contributed by atoms with Crippen LogP contribution in [0.1, 0.15) is 24.7 Å². The third kappa shape index (κ3) is 2.17. The molecule has 1 aromatic heterocycles. The molecule has 1 N–H and O–H groups in total. The van der Waals surface area contributed by atoms with Crippen molar-refractivity contribution in [1.82, 2.24) is 15.5 Å². The van der Waals surface area contributed by atoms with Crippen LogP contribution in [0.3, 0.4) is 0 Å². The molecule has 9 heteroatoms. The minimum Gasteiger partial charge on any atom is -0.334 e. The predicted octanol–water partition coefficient (Wildman–Crippen LogP) is 2.86. The van der Waals surface area contributed by atoms with E-state index in [-0.39, 0.29) is 11.9 Å². The largest absolute Gasteiger partial charge is 0.334 e. The van der Waals surface area contributed by atoms with Crippen LogP contribution in [-0.4, -0.2) is 16.7 Å². The van der Waals surface area contributed by atoms with Crippen LogP contribution in [0.4, 0.5) is 22.0 Å². The Kier molecular flexibility index (Phi) is 3.36. The van der Waals surface area contributed by atoms with E-state index in [1.807, 2.05) is 0 Å². The van der Waals surface area contributed by atoms with Gasteiger partial charge < -0.3 is 9.84 Å². The SMILES string of the molecule is Fc1c(F)c(F)c(-c2nc(C3CCCN3)no2)c(F)c1F. The number of nitrogens with zero attached hydrogens (tertiary/aromatic N) is 2. The summed E-state index contributed by atoms with van der Waals surface area (Å²) in [6.07, 6.45) is 1.55. The lowest BCUT2D eigenvalue weighted by Gasteiger charge is -2.04. The summed E-state index contributed by atoms with van der Waals surface area (Å²) < 4.78 is 71.1. The van der Waals surface area contributed by atoms with Gasteiger partial charge in [-0.15, -0.1) is 0 Å². The van der Waals surface area contributed by atoms with Crippen LogP contribution in [0.5, 0.6) is 0 Å². The molecular weight excluding hydrogens is 297 g/mol. The highest BCUT2D eigenvalue weighted by Crippen LogP contribution is 2.31. The fourth-order valence-electron chi connectivity index (χ4n) is 2.18. The number of benzene rings is 1. The number of halogens is 5. The van der Waals surface area contributed by atoms with Crippen LogP contribution in [-0.2, 0) is 0 Å². The summed E-state index contributed by atoms with van der Waals surface area (Å²) in [5.41, 5.74) is -1.22. The van der Waals surface area contributed by atoms with E-state index in [1.165, 1.54) is 0 Å². The second-order valence-corrected chi connectivity index (χ2v) is 4.55. The maximum atomic E-state index is 13.6. The molecule has 0 spiro atoms. The van der Waals surface area contributed by atoms with Crippen molar-refractivity contribution >= 4 is 0 Å². The van der Waals surface area contributed by atoms with Gasteiger partial charge in [0.1, 0.15) is 5.56 Å². The first-order valence-electron chi connectivity index (χ1n) is 6.09. The lowest BCUT2D eigenvalue weighted by Crippen LogP contribution is -2.14. The topological polar surface area (TPSA) is 51.0 Å². The molecule has 1 aliphatic rings. The summed E-state index contributed by atoms with van der Waals surface area (Å²) in [5, 5.41) is 6.54. The summed E-state index contributed by atoms with van der Waals surface area (Å²) in [6, 6.07) is -0.260. The molecule has 2 heterocycles. The summed E-state index contributed by atoms with van der Waals surface area (Å²) >= 11 is 0. The zero-order chi connectivity index (χ0) is 15.1. The summed E-state index contributed by atoms with van der Waals surface area (Å²) in [7, 11) is 0. The van der Waals surface area contributed by atoms with E-state index in [2.05, 4.69) is 20.0 Å². The third-order valence-corrected chi connectivity index (χ3v) is 3.24. The molecule has 21 heavy (non-hydrogen) atoms. The van der Waals surface area contributed by atoms with Gasteiger partial charge in [-0.25, -0.2) is 22.0 Å². The smallest absolute Gasteiger partial charge is 0.264 e.